The Hall–Kier alpha value is -1.35. The van der Waals surface area contributed by atoms with Crippen LogP contribution in [0, 0.1) is 0 Å². The third-order valence-electron chi connectivity index (χ3n) is 2.47. The predicted molar refractivity (Wildman–Crippen MR) is 66.6 cm³/mol. The molecule has 0 bridgehead atoms. The van der Waals surface area contributed by atoms with Crippen molar-refractivity contribution in [2.45, 2.75) is 39.4 Å². The summed E-state index contributed by atoms with van der Waals surface area (Å²) in [7, 11) is 0. The number of hydrogen-bond acceptors (Lipinski definition) is 3. The molecule has 0 saturated carbocycles. The highest BCUT2D eigenvalue weighted by atomic mass is 16.5. The SMILES string of the molecule is CCC(C)OC(=O)CCOCc1ccccc1. The van der Waals surface area contributed by atoms with Crippen LogP contribution in [0.25, 0.3) is 0 Å². The standard InChI is InChI=1S/C14H20O3/c1-3-12(2)17-14(15)9-10-16-11-13-7-5-4-6-8-13/h4-8,12H,3,9-11H2,1-2H3. The molecule has 1 rings (SSSR count). The van der Waals surface area contributed by atoms with Crippen molar-refractivity contribution < 1.29 is 14.3 Å². The lowest BCUT2D eigenvalue weighted by Gasteiger charge is -2.10. The first-order valence-electron chi connectivity index (χ1n) is 6.03. The predicted octanol–water partition coefficient (Wildman–Crippen LogP) is 2.94. The number of carbonyl (C=O) groups is 1. The quantitative estimate of drug-likeness (QED) is 0.539. The van der Waals surface area contributed by atoms with E-state index >= 15 is 0 Å². The third kappa shape index (κ3) is 6.07. The van der Waals surface area contributed by atoms with Gasteiger partial charge in [0.2, 0.25) is 0 Å². The maximum Gasteiger partial charge on any atom is 0.308 e. The molecule has 0 saturated heterocycles. The average Bonchev–Trinajstić information content (AvgIpc) is 2.36. The zero-order valence-electron chi connectivity index (χ0n) is 10.5. The second-order valence-corrected chi connectivity index (χ2v) is 4.00. The summed E-state index contributed by atoms with van der Waals surface area (Å²) in [6.07, 6.45) is 1.16. The fourth-order valence-corrected chi connectivity index (χ4v) is 1.29. The maximum atomic E-state index is 11.3. The topological polar surface area (TPSA) is 35.5 Å². The highest BCUT2D eigenvalue weighted by molar-refractivity contribution is 5.69. The van der Waals surface area contributed by atoms with E-state index in [0.717, 1.165) is 12.0 Å². The van der Waals surface area contributed by atoms with Gasteiger partial charge in [0, 0.05) is 0 Å². The van der Waals surface area contributed by atoms with Crippen molar-refractivity contribution in [1.82, 2.24) is 0 Å². The van der Waals surface area contributed by atoms with Crippen molar-refractivity contribution in [2.24, 2.45) is 0 Å². The molecule has 0 radical (unpaired) electrons. The number of carbonyl (C=O) groups excluding carboxylic acids is 1. The monoisotopic (exact) mass is 236 g/mol. The van der Waals surface area contributed by atoms with Gasteiger partial charge in [-0.1, -0.05) is 37.3 Å². The molecule has 0 N–H and O–H groups in total. The van der Waals surface area contributed by atoms with E-state index in [2.05, 4.69) is 0 Å². The van der Waals surface area contributed by atoms with Gasteiger partial charge < -0.3 is 9.47 Å². The normalized spacial score (nSPS) is 12.1. The molecule has 17 heavy (non-hydrogen) atoms. The van der Waals surface area contributed by atoms with Gasteiger partial charge in [-0.05, 0) is 18.9 Å². The molecule has 0 aliphatic carbocycles. The van der Waals surface area contributed by atoms with E-state index < -0.39 is 0 Å². The second-order valence-electron chi connectivity index (χ2n) is 4.00. The summed E-state index contributed by atoms with van der Waals surface area (Å²) in [6.45, 7) is 4.83. The van der Waals surface area contributed by atoms with Crippen LogP contribution in [0.5, 0.6) is 0 Å². The van der Waals surface area contributed by atoms with Crippen molar-refractivity contribution >= 4 is 5.97 Å². The van der Waals surface area contributed by atoms with Gasteiger partial charge in [-0.2, -0.15) is 0 Å². The Kier molecular flexibility index (Phi) is 6.33. The molecular weight excluding hydrogens is 216 g/mol. The van der Waals surface area contributed by atoms with Gasteiger partial charge in [-0.3, -0.25) is 4.79 Å². The average molecular weight is 236 g/mol. The summed E-state index contributed by atoms with van der Waals surface area (Å²) in [5.41, 5.74) is 1.11. The molecule has 1 aromatic carbocycles. The van der Waals surface area contributed by atoms with Crippen LogP contribution >= 0.6 is 0 Å². The molecule has 0 amide bonds. The number of ether oxygens (including phenoxy) is 2. The lowest BCUT2D eigenvalue weighted by Crippen LogP contribution is -2.15. The van der Waals surface area contributed by atoms with Crippen LogP contribution in [-0.4, -0.2) is 18.7 Å². The Labute approximate surface area is 103 Å². The van der Waals surface area contributed by atoms with E-state index in [1.165, 1.54) is 0 Å². The van der Waals surface area contributed by atoms with Crippen molar-refractivity contribution in [1.29, 1.82) is 0 Å². The van der Waals surface area contributed by atoms with Crippen LogP contribution in [0.2, 0.25) is 0 Å². The number of rotatable bonds is 7. The highest BCUT2D eigenvalue weighted by Crippen LogP contribution is 2.02. The minimum Gasteiger partial charge on any atom is -0.463 e. The molecule has 1 atom stereocenters. The molecule has 0 aromatic heterocycles. The van der Waals surface area contributed by atoms with Gasteiger partial charge in [-0.15, -0.1) is 0 Å². The summed E-state index contributed by atoms with van der Waals surface area (Å²) in [5, 5.41) is 0. The minimum atomic E-state index is -0.188. The number of hydrogen-bond donors (Lipinski definition) is 0. The lowest BCUT2D eigenvalue weighted by molar-refractivity contribution is -0.149. The van der Waals surface area contributed by atoms with Gasteiger partial charge >= 0.3 is 5.97 Å². The van der Waals surface area contributed by atoms with Crippen LogP contribution < -0.4 is 0 Å². The molecule has 0 fully saturated rings. The second kappa shape index (κ2) is 7.85. The fourth-order valence-electron chi connectivity index (χ4n) is 1.29. The largest absolute Gasteiger partial charge is 0.463 e. The molecular formula is C14H20O3. The minimum absolute atomic E-state index is 0.00313. The third-order valence-corrected chi connectivity index (χ3v) is 2.47. The summed E-state index contributed by atoms with van der Waals surface area (Å²) in [6, 6.07) is 9.90. The lowest BCUT2D eigenvalue weighted by atomic mass is 10.2. The van der Waals surface area contributed by atoms with Crippen molar-refractivity contribution in [3.05, 3.63) is 35.9 Å². The smallest absolute Gasteiger partial charge is 0.308 e. The summed E-state index contributed by atoms with van der Waals surface area (Å²) < 4.78 is 10.5. The first kappa shape index (κ1) is 13.7. The molecule has 1 unspecified atom stereocenters. The Bertz CT molecular complexity index is 321. The van der Waals surface area contributed by atoms with E-state index in [1.807, 2.05) is 44.2 Å². The van der Waals surface area contributed by atoms with E-state index in [-0.39, 0.29) is 12.1 Å². The van der Waals surface area contributed by atoms with Crippen LogP contribution in [0.3, 0.4) is 0 Å². The van der Waals surface area contributed by atoms with E-state index in [0.29, 0.717) is 19.6 Å². The molecule has 94 valence electrons. The van der Waals surface area contributed by atoms with E-state index in [9.17, 15) is 4.79 Å². The molecule has 3 heteroatoms. The molecule has 3 nitrogen and oxygen atoms in total. The first-order valence-corrected chi connectivity index (χ1v) is 6.03. The summed E-state index contributed by atoms with van der Waals surface area (Å²) in [4.78, 5) is 11.3. The molecule has 0 aliphatic heterocycles. The number of benzene rings is 1. The van der Waals surface area contributed by atoms with Crippen LogP contribution in [0.1, 0.15) is 32.3 Å². The molecule has 0 spiro atoms. The highest BCUT2D eigenvalue weighted by Gasteiger charge is 2.07. The summed E-state index contributed by atoms with van der Waals surface area (Å²) >= 11 is 0. The van der Waals surface area contributed by atoms with Crippen molar-refractivity contribution in [3.8, 4) is 0 Å². The summed E-state index contributed by atoms with van der Waals surface area (Å²) in [5.74, 6) is -0.188. The Morgan fingerprint density at radius 3 is 2.65 bits per heavy atom. The maximum absolute atomic E-state index is 11.3. The zero-order valence-corrected chi connectivity index (χ0v) is 10.5. The van der Waals surface area contributed by atoms with Gasteiger partial charge in [0.1, 0.15) is 0 Å². The van der Waals surface area contributed by atoms with E-state index in [4.69, 9.17) is 9.47 Å². The van der Waals surface area contributed by atoms with Gasteiger partial charge in [0.05, 0.1) is 25.7 Å². The van der Waals surface area contributed by atoms with Crippen LogP contribution in [0.4, 0.5) is 0 Å². The van der Waals surface area contributed by atoms with Gasteiger partial charge in [-0.25, -0.2) is 0 Å². The van der Waals surface area contributed by atoms with Crippen LogP contribution in [-0.2, 0) is 20.9 Å². The van der Waals surface area contributed by atoms with E-state index in [1.54, 1.807) is 0 Å². The Morgan fingerprint density at radius 2 is 2.00 bits per heavy atom. The fraction of sp³-hybridized carbons (Fsp3) is 0.500. The Morgan fingerprint density at radius 1 is 1.29 bits per heavy atom. The van der Waals surface area contributed by atoms with Crippen molar-refractivity contribution in [2.75, 3.05) is 6.61 Å². The first-order chi connectivity index (χ1) is 8.22. The molecule has 0 aliphatic rings. The van der Waals surface area contributed by atoms with Gasteiger partial charge in [0.25, 0.3) is 0 Å². The van der Waals surface area contributed by atoms with Crippen molar-refractivity contribution in [3.63, 3.8) is 0 Å². The number of esters is 1. The molecule has 0 heterocycles. The van der Waals surface area contributed by atoms with Crippen LogP contribution in [0.15, 0.2) is 30.3 Å². The zero-order chi connectivity index (χ0) is 12.5. The Balaban J connectivity index is 2.10. The van der Waals surface area contributed by atoms with Gasteiger partial charge in [0.15, 0.2) is 0 Å². The molecule has 1 aromatic rings.